The average molecular weight is 298 g/mol. The van der Waals surface area contributed by atoms with Crippen LogP contribution in [-0.4, -0.2) is 32.9 Å². The number of rotatable bonds is 5. The first-order valence-corrected chi connectivity index (χ1v) is 7.82. The second kappa shape index (κ2) is 6.70. The van der Waals surface area contributed by atoms with Crippen molar-refractivity contribution in [3.05, 3.63) is 35.7 Å². The van der Waals surface area contributed by atoms with Crippen LogP contribution < -0.4 is 11.1 Å². The molecule has 0 spiro atoms. The van der Waals surface area contributed by atoms with Gasteiger partial charge in [-0.25, -0.2) is 0 Å². The molecule has 2 heterocycles. The fourth-order valence-electron chi connectivity index (χ4n) is 2.78. The molecule has 0 radical (unpaired) electrons. The van der Waals surface area contributed by atoms with E-state index in [2.05, 4.69) is 38.2 Å². The molecule has 6 nitrogen and oxygen atoms in total. The lowest BCUT2D eigenvalue weighted by Crippen LogP contribution is -2.21. The lowest BCUT2D eigenvalue weighted by Gasteiger charge is -2.14. The molecule has 1 fully saturated rings. The third-order valence-electron chi connectivity index (χ3n) is 3.91. The highest BCUT2D eigenvalue weighted by Gasteiger charge is 2.14. The van der Waals surface area contributed by atoms with Crippen LogP contribution >= 0.6 is 0 Å². The van der Waals surface area contributed by atoms with Crippen LogP contribution in [0.25, 0.3) is 0 Å². The number of benzene rings is 1. The predicted octanol–water partition coefficient (Wildman–Crippen LogP) is 2.36. The Morgan fingerprint density at radius 2 is 1.91 bits per heavy atom. The number of likely N-dealkylation sites (tertiary alicyclic amines) is 1. The summed E-state index contributed by atoms with van der Waals surface area (Å²) >= 11 is 0. The van der Waals surface area contributed by atoms with Crippen LogP contribution in [-0.2, 0) is 13.0 Å². The summed E-state index contributed by atoms with van der Waals surface area (Å²) in [7, 11) is 0. The molecule has 0 bridgehead atoms. The van der Waals surface area contributed by atoms with Crippen molar-refractivity contribution >= 4 is 17.6 Å². The van der Waals surface area contributed by atoms with E-state index in [-0.39, 0.29) is 5.95 Å². The van der Waals surface area contributed by atoms with Gasteiger partial charge < -0.3 is 11.1 Å². The monoisotopic (exact) mass is 298 g/mol. The molecule has 0 unspecified atom stereocenters. The lowest BCUT2D eigenvalue weighted by atomic mass is 10.1. The third-order valence-corrected chi connectivity index (χ3v) is 3.91. The zero-order valence-electron chi connectivity index (χ0n) is 12.9. The number of nitrogen functional groups attached to an aromatic ring is 1. The van der Waals surface area contributed by atoms with E-state index in [0.717, 1.165) is 37.6 Å². The van der Waals surface area contributed by atoms with Gasteiger partial charge >= 0.3 is 0 Å². The van der Waals surface area contributed by atoms with Gasteiger partial charge in [-0.3, -0.25) is 4.90 Å². The number of anilines is 3. The van der Waals surface area contributed by atoms with Gasteiger partial charge in [0, 0.05) is 5.69 Å². The highest BCUT2D eigenvalue weighted by atomic mass is 15.2. The van der Waals surface area contributed by atoms with Crippen molar-refractivity contribution in [2.75, 3.05) is 24.1 Å². The largest absolute Gasteiger partial charge is 0.368 e. The van der Waals surface area contributed by atoms with E-state index in [9.17, 15) is 0 Å². The summed E-state index contributed by atoms with van der Waals surface area (Å²) in [5, 5.41) is 3.27. The molecule has 3 N–H and O–H groups in total. The summed E-state index contributed by atoms with van der Waals surface area (Å²) < 4.78 is 0. The molecule has 0 atom stereocenters. The van der Waals surface area contributed by atoms with Gasteiger partial charge in [-0.1, -0.05) is 25.1 Å². The Hall–Kier alpha value is -2.21. The van der Waals surface area contributed by atoms with Gasteiger partial charge in [0.25, 0.3) is 0 Å². The molecular weight excluding hydrogens is 276 g/mol. The smallest absolute Gasteiger partial charge is 0.232 e. The van der Waals surface area contributed by atoms with Crippen LogP contribution in [0.3, 0.4) is 0 Å². The Kier molecular flexibility index (Phi) is 4.48. The Labute approximate surface area is 130 Å². The molecular formula is C16H22N6. The van der Waals surface area contributed by atoms with Gasteiger partial charge in [0.05, 0.1) is 6.54 Å². The highest BCUT2D eigenvalue weighted by Crippen LogP contribution is 2.20. The quantitative estimate of drug-likeness (QED) is 0.882. The lowest BCUT2D eigenvalue weighted by molar-refractivity contribution is 0.322. The average Bonchev–Trinajstić information content (AvgIpc) is 3.00. The number of nitrogens with one attached hydrogen (secondary N) is 1. The van der Waals surface area contributed by atoms with E-state index in [1.807, 2.05) is 18.2 Å². The standard InChI is InChI=1S/C16H22N6/c1-2-12-7-3-4-8-13(12)18-16-20-14(19-15(17)21-16)11-22-9-5-6-10-22/h3-4,7-8H,2,5-6,9-11H2,1H3,(H3,17,18,19,20,21). The van der Waals surface area contributed by atoms with Crippen LogP contribution in [0.5, 0.6) is 0 Å². The highest BCUT2D eigenvalue weighted by molar-refractivity contribution is 5.58. The molecule has 6 heteroatoms. The molecule has 0 aliphatic carbocycles. The third kappa shape index (κ3) is 3.51. The van der Waals surface area contributed by atoms with Crippen molar-refractivity contribution in [3.8, 4) is 0 Å². The number of para-hydroxylation sites is 1. The molecule has 0 amide bonds. The SMILES string of the molecule is CCc1ccccc1Nc1nc(N)nc(CN2CCCC2)n1. The zero-order chi connectivity index (χ0) is 15.4. The second-order valence-corrected chi connectivity index (χ2v) is 5.55. The Balaban J connectivity index is 1.79. The van der Waals surface area contributed by atoms with Gasteiger partial charge in [-0.15, -0.1) is 0 Å². The normalized spacial score (nSPS) is 15.1. The van der Waals surface area contributed by atoms with E-state index >= 15 is 0 Å². The van der Waals surface area contributed by atoms with E-state index < -0.39 is 0 Å². The fraction of sp³-hybridized carbons (Fsp3) is 0.438. The number of aromatic nitrogens is 3. The van der Waals surface area contributed by atoms with Gasteiger partial charge in [0.2, 0.25) is 11.9 Å². The summed E-state index contributed by atoms with van der Waals surface area (Å²) in [5.74, 6) is 1.51. The maximum atomic E-state index is 5.84. The van der Waals surface area contributed by atoms with Crippen LogP contribution in [0, 0.1) is 0 Å². The topological polar surface area (TPSA) is 80.0 Å². The molecule has 1 aliphatic heterocycles. The molecule has 1 aromatic heterocycles. The number of hydrogen-bond acceptors (Lipinski definition) is 6. The van der Waals surface area contributed by atoms with Crippen LogP contribution in [0.15, 0.2) is 24.3 Å². The minimum atomic E-state index is 0.265. The molecule has 1 aromatic carbocycles. The first-order chi connectivity index (χ1) is 10.7. The Morgan fingerprint density at radius 1 is 1.14 bits per heavy atom. The first kappa shape index (κ1) is 14.7. The molecule has 22 heavy (non-hydrogen) atoms. The molecule has 1 saturated heterocycles. The fourth-order valence-corrected chi connectivity index (χ4v) is 2.78. The number of hydrogen-bond donors (Lipinski definition) is 2. The maximum absolute atomic E-state index is 5.84. The van der Waals surface area contributed by atoms with Crippen molar-refractivity contribution in [2.45, 2.75) is 32.7 Å². The van der Waals surface area contributed by atoms with Crippen LogP contribution in [0.4, 0.5) is 17.6 Å². The molecule has 1 aliphatic rings. The van der Waals surface area contributed by atoms with Crippen molar-refractivity contribution in [3.63, 3.8) is 0 Å². The molecule has 2 aromatic rings. The molecule has 3 rings (SSSR count). The number of nitrogens with two attached hydrogens (primary N) is 1. The number of nitrogens with zero attached hydrogens (tertiary/aromatic N) is 4. The van der Waals surface area contributed by atoms with Gasteiger partial charge in [0.15, 0.2) is 0 Å². The molecule has 116 valence electrons. The van der Waals surface area contributed by atoms with Crippen molar-refractivity contribution in [2.24, 2.45) is 0 Å². The Morgan fingerprint density at radius 3 is 2.68 bits per heavy atom. The van der Waals surface area contributed by atoms with Crippen LogP contribution in [0.2, 0.25) is 0 Å². The van der Waals surface area contributed by atoms with Crippen molar-refractivity contribution in [1.29, 1.82) is 0 Å². The van der Waals surface area contributed by atoms with E-state index in [1.165, 1.54) is 18.4 Å². The summed E-state index contributed by atoms with van der Waals surface area (Å²) in [5.41, 5.74) is 8.08. The predicted molar refractivity (Wildman–Crippen MR) is 87.9 cm³/mol. The summed E-state index contributed by atoms with van der Waals surface area (Å²) in [4.78, 5) is 15.3. The summed E-state index contributed by atoms with van der Waals surface area (Å²) in [6, 6.07) is 8.15. The van der Waals surface area contributed by atoms with E-state index in [1.54, 1.807) is 0 Å². The summed E-state index contributed by atoms with van der Waals surface area (Å²) in [6.07, 6.45) is 3.44. The van der Waals surface area contributed by atoms with E-state index in [0.29, 0.717) is 5.95 Å². The van der Waals surface area contributed by atoms with Gasteiger partial charge in [0.1, 0.15) is 5.82 Å². The minimum absolute atomic E-state index is 0.265. The Bertz CT molecular complexity index is 636. The van der Waals surface area contributed by atoms with Crippen molar-refractivity contribution < 1.29 is 0 Å². The number of aryl methyl sites for hydroxylation is 1. The zero-order valence-corrected chi connectivity index (χ0v) is 12.9. The van der Waals surface area contributed by atoms with Gasteiger partial charge in [-0.05, 0) is 44.0 Å². The maximum Gasteiger partial charge on any atom is 0.232 e. The minimum Gasteiger partial charge on any atom is -0.368 e. The second-order valence-electron chi connectivity index (χ2n) is 5.55. The summed E-state index contributed by atoms with van der Waals surface area (Å²) in [6.45, 7) is 5.07. The van der Waals surface area contributed by atoms with Gasteiger partial charge in [-0.2, -0.15) is 15.0 Å². The molecule has 0 saturated carbocycles. The van der Waals surface area contributed by atoms with E-state index in [4.69, 9.17) is 5.73 Å². The van der Waals surface area contributed by atoms with Crippen molar-refractivity contribution in [1.82, 2.24) is 19.9 Å². The van der Waals surface area contributed by atoms with Crippen LogP contribution in [0.1, 0.15) is 31.2 Å². The first-order valence-electron chi connectivity index (χ1n) is 7.82.